The second-order valence-corrected chi connectivity index (χ2v) is 6.17. The maximum Gasteiger partial charge on any atom is 0.127 e. The Morgan fingerprint density at radius 2 is 1.76 bits per heavy atom. The first kappa shape index (κ1) is 16.0. The lowest BCUT2D eigenvalue weighted by Crippen LogP contribution is -2.21. The molecule has 3 heteroatoms. The van der Waals surface area contributed by atoms with Crippen LogP contribution in [0, 0.1) is 19.7 Å². The molecule has 0 unspecified atom stereocenters. The van der Waals surface area contributed by atoms with Crippen LogP contribution in [0.4, 0.5) is 4.39 Å². The van der Waals surface area contributed by atoms with E-state index >= 15 is 0 Å². The molecule has 0 fully saturated rings. The zero-order valence-corrected chi connectivity index (χ0v) is 13.7. The van der Waals surface area contributed by atoms with Crippen molar-refractivity contribution in [3.8, 4) is 11.1 Å². The average molecular weight is 306 g/mol. The Balaban J connectivity index is 2.35. The molecule has 0 aromatic heterocycles. The Morgan fingerprint density at radius 1 is 1.05 bits per heavy atom. The highest BCUT2D eigenvalue weighted by Crippen LogP contribution is 2.32. The molecule has 1 nitrogen and oxygen atoms in total. The highest BCUT2D eigenvalue weighted by atomic mass is 35.5. The highest BCUT2D eigenvalue weighted by molar-refractivity contribution is 6.33. The minimum absolute atomic E-state index is 0.265. The number of halogens is 2. The fraction of sp³-hybridized carbons (Fsp3) is 0.333. The van der Waals surface area contributed by atoms with Crippen LogP contribution in [-0.2, 0) is 6.54 Å². The second kappa shape index (κ2) is 6.59. The molecule has 0 aliphatic carbocycles. The van der Waals surface area contributed by atoms with Gasteiger partial charge in [-0.2, -0.15) is 0 Å². The lowest BCUT2D eigenvalue weighted by Gasteiger charge is -2.13. The van der Waals surface area contributed by atoms with Crippen LogP contribution in [0.25, 0.3) is 11.1 Å². The van der Waals surface area contributed by atoms with Gasteiger partial charge in [-0.1, -0.05) is 43.6 Å². The van der Waals surface area contributed by atoms with Gasteiger partial charge < -0.3 is 5.32 Å². The van der Waals surface area contributed by atoms with Crippen molar-refractivity contribution in [1.29, 1.82) is 0 Å². The Labute approximate surface area is 131 Å². The van der Waals surface area contributed by atoms with Crippen molar-refractivity contribution in [2.75, 3.05) is 0 Å². The molecule has 0 bridgehead atoms. The van der Waals surface area contributed by atoms with Gasteiger partial charge in [0.2, 0.25) is 0 Å². The van der Waals surface area contributed by atoms with E-state index in [-0.39, 0.29) is 5.82 Å². The number of hydrogen-bond acceptors (Lipinski definition) is 1. The number of hydrogen-bond donors (Lipinski definition) is 1. The second-order valence-electron chi connectivity index (χ2n) is 5.77. The van der Waals surface area contributed by atoms with Crippen LogP contribution in [0.1, 0.15) is 30.5 Å². The standard InChI is InChI=1S/C18H21ClFN/c1-11(2)21-10-14-5-6-15(12(3)7-14)16-8-13(4)18(20)9-17(16)19/h5-9,11,21H,10H2,1-4H3. The van der Waals surface area contributed by atoms with Crippen molar-refractivity contribution in [3.05, 3.63) is 57.9 Å². The van der Waals surface area contributed by atoms with Gasteiger partial charge in [-0.05, 0) is 48.2 Å². The third-order valence-corrected chi connectivity index (χ3v) is 3.86. The Morgan fingerprint density at radius 3 is 2.38 bits per heavy atom. The fourth-order valence-corrected chi connectivity index (χ4v) is 2.58. The molecule has 0 radical (unpaired) electrons. The molecular formula is C18H21ClFN. The molecular weight excluding hydrogens is 285 g/mol. The van der Waals surface area contributed by atoms with Gasteiger partial charge in [0.1, 0.15) is 5.82 Å². The largest absolute Gasteiger partial charge is 0.310 e. The topological polar surface area (TPSA) is 12.0 Å². The van der Waals surface area contributed by atoms with E-state index < -0.39 is 0 Å². The minimum atomic E-state index is -0.265. The molecule has 0 amide bonds. The third-order valence-electron chi connectivity index (χ3n) is 3.54. The van der Waals surface area contributed by atoms with E-state index in [1.807, 2.05) is 6.07 Å². The van der Waals surface area contributed by atoms with Gasteiger partial charge in [0.25, 0.3) is 0 Å². The van der Waals surface area contributed by atoms with Crippen molar-refractivity contribution in [2.45, 2.75) is 40.3 Å². The molecule has 21 heavy (non-hydrogen) atoms. The molecule has 0 aliphatic rings. The molecule has 2 aromatic carbocycles. The fourth-order valence-electron chi connectivity index (χ4n) is 2.32. The van der Waals surface area contributed by atoms with Gasteiger partial charge in [0.05, 0.1) is 5.02 Å². The quantitative estimate of drug-likeness (QED) is 0.812. The van der Waals surface area contributed by atoms with Gasteiger partial charge in [-0.15, -0.1) is 0 Å². The number of aryl methyl sites for hydroxylation is 2. The highest BCUT2D eigenvalue weighted by Gasteiger charge is 2.10. The zero-order chi connectivity index (χ0) is 15.6. The normalized spacial score (nSPS) is 11.2. The molecule has 0 atom stereocenters. The van der Waals surface area contributed by atoms with E-state index in [4.69, 9.17) is 11.6 Å². The molecule has 0 heterocycles. The van der Waals surface area contributed by atoms with Crippen LogP contribution in [-0.4, -0.2) is 6.04 Å². The molecule has 112 valence electrons. The van der Waals surface area contributed by atoms with Gasteiger partial charge in [0.15, 0.2) is 0 Å². The van der Waals surface area contributed by atoms with Crippen LogP contribution in [0.15, 0.2) is 30.3 Å². The molecule has 2 aromatic rings. The van der Waals surface area contributed by atoms with Crippen molar-refractivity contribution in [1.82, 2.24) is 5.32 Å². The van der Waals surface area contributed by atoms with Crippen LogP contribution in [0.2, 0.25) is 5.02 Å². The lowest BCUT2D eigenvalue weighted by molar-refractivity contribution is 0.589. The molecule has 0 saturated heterocycles. The van der Waals surface area contributed by atoms with Crippen LogP contribution in [0.5, 0.6) is 0 Å². The van der Waals surface area contributed by atoms with E-state index in [1.54, 1.807) is 6.92 Å². The Kier molecular flexibility index (Phi) is 5.02. The number of rotatable bonds is 4. The van der Waals surface area contributed by atoms with Crippen molar-refractivity contribution >= 4 is 11.6 Å². The maximum absolute atomic E-state index is 13.5. The zero-order valence-electron chi connectivity index (χ0n) is 12.9. The smallest absolute Gasteiger partial charge is 0.127 e. The van der Waals surface area contributed by atoms with E-state index in [9.17, 15) is 4.39 Å². The average Bonchev–Trinajstić information content (AvgIpc) is 2.41. The van der Waals surface area contributed by atoms with Crippen molar-refractivity contribution in [2.24, 2.45) is 0 Å². The Bertz CT molecular complexity index is 650. The molecule has 0 spiro atoms. The molecule has 0 saturated carbocycles. The summed E-state index contributed by atoms with van der Waals surface area (Å²) in [6.07, 6.45) is 0. The summed E-state index contributed by atoms with van der Waals surface area (Å²) in [7, 11) is 0. The van der Waals surface area contributed by atoms with E-state index in [0.29, 0.717) is 16.6 Å². The third kappa shape index (κ3) is 3.84. The summed E-state index contributed by atoms with van der Waals surface area (Å²) in [5.74, 6) is -0.265. The maximum atomic E-state index is 13.5. The summed E-state index contributed by atoms with van der Waals surface area (Å²) in [6.45, 7) is 8.91. The summed E-state index contributed by atoms with van der Waals surface area (Å²) < 4.78 is 13.5. The van der Waals surface area contributed by atoms with E-state index in [1.165, 1.54) is 11.6 Å². The molecule has 0 aliphatic heterocycles. The predicted octanol–water partition coefficient (Wildman–Crippen LogP) is 5.26. The monoisotopic (exact) mass is 305 g/mol. The summed E-state index contributed by atoms with van der Waals surface area (Å²) >= 11 is 6.20. The summed E-state index contributed by atoms with van der Waals surface area (Å²) in [5, 5.41) is 3.85. The van der Waals surface area contributed by atoms with Gasteiger partial charge in [-0.3, -0.25) is 0 Å². The van der Waals surface area contributed by atoms with Crippen LogP contribution < -0.4 is 5.32 Å². The van der Waals surface area contributed by atoms with E-state index in [2.05, 4.69) is 44.3 Å². The van der Waals surface area contributed by atoms with Crippen molar-refractivity contribution < 1.29 is 4.39 Å². The van der Waals surface area contributed by atoms with Gasteiger partial charge >= 0.3 is 0 Å². The summed E-state index contributed by atoms with van der Waals surface area (Å²) in [6, 6.07) is 9.96. The van der Waals surface area contributed by atoms with Gasteiger partial charge in [-0.25, -0.2) is 4.39 Å². The lowest BCUT2D eigenvalue weighted by atomic mass is 9.97. The molecule has 1 N–H and O–H groups in total. The number of benzene rings is 2. The van der Waals surface area contributed by atoms with Crippen LogP contribution in [0.3, 0.4) is 0 Å². The summed E-state index contributed by atoms with van der Waals surface area (Å²) in [4.78, 5) is 0. The predicted molar refractivity (Wildman–Crippen MR) is 88.3 cm³/mol. The van der Waals surface area contributed by atoms with E-state index in [0.717, 1.165) is 23.2 Å². The first-order chi connectivity index (χ1) is 9.88. The first-order valence-electron chi connectivity index (χ1n) is 7.17. The summed E-state index contributed by atoms with van der Waals surface area (Å²) in [5.41, 5.74) is 4.93. The van der Waals surface area contributed by atoms with Crippen LogP contribution >= 0.6 is 11.6 Å². The Hall–Kier alpha value is -1.38. The van der Waals surface area contributed by atoms with Crippen molar-refractivity contribution in [3.63, 3.8) is 0 Å². The minimum Gasteiger partial charge on any atom is -0.310 e. The van der Waals surface area contributed by atoms with Gasteiger partial charge in [0, 0.05) is 18.2 Å². The first-order valence-corrected chi connectivity index (χ1v) is 7.55. The SMILES string of the molecule is Cc1cc(-c2ccc(CNC(C)C)cc2C)c(Cl)cc1F. The number of nitrogens with one attached hydrogen (secondary N) is 1. The molecule has 2 rings (SSSR count).